The summed E-state index contributed by atoms with van der Waals surface area (Å²) in [6.45, 7) is -0.398. The van der Waals surface area contributed by atoms with Crippen molar-refractivity contribution in [2.24, 2.45) is 0 Å². The molecule has 19 heavy (non-hydrogen) atoms. The van der Waals surface area contributed by atoms with Crippen LogP contribution in [0.25, 0.3) is 0 Å². The van der Waals surface area contributed by atoms with E-state index in [4.69, 9.17) is 4.74 Å². The minimum absolute atomic E-state index is 0.149. The average Bonchev–Trinajstić information content (AvgIpc) is 2.47. The summed E-state index contributed by atoms with van der Waals surface area (Å²) >= 11 is 0. The Hall–Kier alpha value is -2.33. The Morgan fingerprint density at radius 3 is 2.42 bits per heavy atom. The lowest BCUT2D eigenvalue weighted by Gasteiger charge is -2.11. The van der Waals surface area contributed by atoms with Gasteiger partial charge in [-0.05, 0) is 12.1 Å². The van der Waals surface area contributed by atoms with Crippen LogP contribution in [0, 0.1) is 0 Å². The van der Waals surface area contributed by atoms with Crippen molar-refractivity contribution in [2.75, 3.05) is 7.11 Å². The zero-order valence-corrected chi connectivity index (χ0v) is 10.5. The van der Waals surface area contributed by atoms with Crippen LogP contribution in [0.3, 0.4) is 0 Å². The van der Waals surface area contributed by atoms with Crippen LogP contribution in [0.2, 0.25) is 0 Å². The van der Waals surface area contributed by atoms with E-state index in [1.807, 2.05) is 6.07 Å². The summed E-state index contributed by atoms with van der Waals surface area (Å²) in [5.74, 6) is -0.184. The highest BCUT2D eigenvalue weighted by molar-refractivity contribution is 6.11. The van der Waals surface area contributed by atoms with E-state index in [1.54, 1.807) is 30.3 Å². The van der Waals surface area contributed by atoms with Crippen molar-refractivity contribution < 1.29 is 19.7 Å². The van der Waals surface area contributed by atoms with Gasteiger partial charge in [0.25, 0.3) is 0 Å². The predicted molar refractivity (Wildman–Crippen MR) is 70.5 cm³/mol. The lowest BCUT2D eigenvalue weighted by molar-refractivity contribution is 0.103. The maximum absolute atomic E-state index is 12.3. The Bertz CT molecular complexity index is 591. The zero-order valence-electron chi connectivity index (χ0n) is 10.5. The van der Waals surface area contributed by atoms with Gasteiger partial charge in [0.1, 0.15) is 11.5 Å². The number of ketones is 1. The number of aliphatic hydroxyl groups is 1. The van der Waals surface area contributed by atoms with Gasteiger partial charge in [0.2, 0.25) is 0 Å². The van der Waals surface area contributed by atoms with Crippen molar-refractivity contribution in [3.63, 3.8) is 0 Å². The van der Waals surface area contributed by atoms with Crippen LogP contribution in [0.4, 0.5) is 0 Å². The van der Waals surface area contributed by atoms with Crippen LogP contribution in [-0.2, 0) is 6.61 Å². The molecule has 0 aliphatic rings. The van der Waals surface area contributed by atoms with Crippen LogP contribution in [0.5, 0.6) is 11.5 Å². The molecule has 0 atom stereocenters. The fourth-order valence-corrected chi connectivity index (χ4v) is 1.89. The molecule has 0 aromatic heterocycles. The van der Waals surface area contributed by atoms with E-state index in [2.05, 4.69) is 0 Å². The van der Waals surface area contributed by atoms with Crippen molar-refractivity contribution in [3.8, 4) is 11.5 Å². The third kappa shape index (κ3) is 2.44. The Morgan fingerprint density at radius 2 is 1.84 bits per heavy atom. The summed E-state index contributed by atoms with van der Waals surface area (Å²) in [5.41, 5.74) is 0.840. The molecular weight excluding hydrogens is 244 g/mol. The highest BCUT2D eigenvalue weighted by Crippen LogP contribution is 2.32. The molecule has 0 radical (unpaired) electrons. The zero-order chi connectivity index (χ0) is 13.8. The first kappa shape index (κ1) is 13.1. The molecule has 2 rings (SSSR count). The van der Waals surface area contributed by atoms with Crippen molar-refractivity contribution in [3.05, 3.63) is 59.2 Å². The monoisotopic (exact) mass is 258 g/mol. The number of rotatable bonds is 4. The fraction of sp³-hybridized carbons (Fsp3) is 0.133. The number of aromatic hydroxyl groups is 1. The van der Waals surface area contributed by atoms with E-state index in [9.17, 15) is 15.0 Å². The number of ether oxygens (including phenoxy) is 1. The number of aliphatic hydroxyl groups excluding tert-OH is 1. The summed E-state index contributed by atoms with van der Waals surface area (Å²) in [6.07, 6.45) is 0. The normalized spacial score (nSPS) is 10.2. The van der Waals surface area contributed by atoms with Crippen LogP contribution in [0.1, 0.15) is 21.5 Å². The number of methoxy groups -OCH3 is 1. The van der Waals surface area contributed by atoms with E-state index in [0.29, 0.717) is 11.3 Å². The first-order valence-electron chi connectivity index (χ1n) is 5.78. The topological polar surface area (TPSA) is 66.8 Å². The molecule has 0 saturated heterocycles. The van der Waals surface area contributed by atoms with Crippen LogP contribution >= 0.6 is 0 Å². The lowest BCUT2D eigenvalue weighted by Crippen LogP contribution is -2.04. The SMILES string of the molecule is COc1ccc(C(=O)c2ccccc2)c(O)c1CO. The third-order valence-corrected chi connectivity index (χ3v) is 2.90. The Balaban J connectivity index is 2.49. The fourth-order valence-electron chi connectivity index (χ4n) is 1.89. The molecule has 4 nitrogen and oxygen atoms in total. The standard InChI is InChI=1S/C15H14O4/c1-19-13-8-7-11(15(18)12(13)9-16)14(17)10-5-3-2-4-6-10/h2-8,16,18H,9H2,1H3. The molecule has 0 heterocycles. The molecule has 0 saturated carbocycles. The summed E-state index contributed by atoms with van der Waals surface area (Å²) in [7, 11) is 1.44. The van der Waals surface area contributed by atoms with E-state index >= 15 is 0 Å². The van der Waals surface area contributed by atoms with E-state index < -0.39 is 6.61 Å². The predicted octanol–water partition coefficient (Wildman–Crippen LogP) is 2.12. The molecule has 0 spiro atoms. The minimum atomic E-state index is -0.398. The van der Waals surface area contributed by atoms with Crippen LogP contribution in [0.15, 0.2) is 42.5 Å². The first-order valence-corrected chi connectivity index (χ1v) is 5.78. The summed E-state index contributed by atoms with van der Waals surface area (Å²) in [5, 5.41) is 19.3. The molecular formula is C15H14O4. The van der Waals surface area contributed by atoms with Crippen LogP contribution in [-0.4, -0.2) is 23.1 Å². The largest absolute Gasteiger partial charge is 0.507 e. The van der Waals surface area contributed by atoms with Crippen molar-refractivity contribution in [1.82, 2.24) is 0 Å². The maximum Gasteiger partial charge on any atom is 0.196 e. The number of hydrogen-bond donors (Lipinski definition) is 2. The van der Waals surface area contributed by atoms with Gasteiger partial charge in [0.15, 0.2) is 5.78 Å². The Morgan fingerprint density at radius 1 is 1.16 bits per heavy atom. The van der Waals surface area contributed by atoms with Gasteiger partial charge < -0.3 is 14.9 Å². The van der Waals surface area contributed by atoms with Gasteiger partial charge in [-0.1, -0.05) is 30.3 Å². The van der Waals surface area contributed by atoms with Crippen molar-refractivity contribution in [1.29, 1.82) is 0 Å². The molecule has 0 fully saturated rings. The van der Waals surface area contributed by atoms with Gasteiger partial charge >= 0.3 is 0 Å². The van der Waals surface area contributed by atoms with Gasteiger partial charge in [-0.25, -0.2) is 0 Å². The van der Waals surface area contributed by atoms with Gasteiger partial charge in [-0.15, -0.1) is 0 Å². The molecule has 0 bridgehead atoms. The highest BCUT2D eigenvalue weighted by Gasteiger charge is 2.18. The van der Waals surface area contributed by atoms with E-state index in [1.165, 1.54) is 13.2 Å². The number of benzene rings is 2. The maximum atomic E-state index is 12.3. The van der Waals surface area contributed by atoms with Gasteiger partial charge in [0, 0.05) is 5.56 Å². The summed E-state index contributed by atoms with van der Waals surface area (Å²) < 4.78 is 5.03. The number of carbonyl (C=O) groups is 1. The van der Waals surface area contributed by atoms with Gasteiger partial charge in [-0.3, -0.25) is 4.79 Å². The van der Waals surface area contributed by atoms with Gasteiger partial charge in [-0.2, -0.15) is 0 Å². The second kappa shape index (κ2) is 5.54. The van der Waals surface area contributed by atoms with E-state index in [0.717, 1.165) is 0 Å². The molecule has 98 valence electrons. The number of carbonyl (C=O) groups excluding carboxylic acids is 1. The van der Waals surface area contributed by atoms with Crippen molar-refractivity contribution in [2.45, 2.75) is 6.61 Å². The second-order valence-corrected chi connectivity index (χ2v) is 4.00. The Labute approximate surface area is 110 Å². The molecule has 4 heteroatoms. The molecule has 0 aliphatic carbocycles. The van der Waals surface area contributed by atoms with Gasteiger partial charge in [0.05, 0.1) is 24.8 Å². The average molecular weight is 258 g/mol. The highest BCUT2D eigenvalue weighted by atomic mass is 16.5. The summed E-state index contributed by atoms with van der Waals surface area (Å²) in [4.78, 5) is 12.3. The number of hydrogen-bond acceptors (Lipinski definition) is 4. The number of phenols is 1. The smallest absolute Gasteiger partial charge is 0.196 e. The first-order chi connectivity index (χ1) is 9.19. The lowest BCUT2D eigenvalue weighted by atomic mass is 9.99. The minimum Gasteiger partial charge on any atom is -0.507 e. The second-order valence-electron chi connectivity index (χ2n) is 4.00. The Kier molecular flexibility index (Phi) is 3.82. The third-order valence-electron chi connectivity index (χ3n) is 2.90. The molecule has 2 N–H and O–H groups in total. The molecule has 0 unspecified atom stereocenters. The molecule has 0 aliphatic heterocycles. The van der Waals surface area contributed by atoms with Crippen molar-refractivity contribution >= 4 is 5.78 Å². The molecule has 2 aromatic carbocycles. The quantitative estimate of drug-likeness (QED) is 0.824. The van der Waals surface area contributed by atoms with E-state index in [-0.39, 0.29) is 22.7 Å². The van der Waals surface area contributed by atoms with Crippen LogP contribution < -0.4 is 4.74 Å². The molecule has 2 aromatic rings. The molecule has 0 amide bonds. The summed E-state index contributed by atoms with van der Waals surface area (Å²) in [6, 6.07) is 11.7.